The maximum atomic E-state index is 12.2. The third-order valence-electron chi connectivity index (χ3n) is 3.08. The van der Waals surface area contributed by atoms with Crippen LogP contribution in [0.25, 0.3) is 0 Å². The first-order valence-electron chi connectivity index (χ1n) is 5.96. The molecule has 5 nitrogen and oxygen atoms in total. The van der Waals surface area contributed by atoms with E-state index < -0.39 is 0 Å². The number of hydrogen-bond donors (Lipinski definition) is 1. The van der Waals surface area contributed by atoms with Crippen LogP contribution in [0, 0.1) is 6.92 Å². The maximum Gasteiger partial charge on any atom is 0.274 e. The van der Waals surface area contributed by atoms with Gasteiger partial charge in [-0.3, -0.25) is 9.78 Å². The average Bonchev–Trinajstić information content (AvgIpc) is 2.78. The van der Waals surface area contributed by atoms with Crippen LogP contribution in [0.5, 0.6) is 0 Å². The molecule has 2 heterocycles. The van der Waals surface area contributed by atoms with Crippen LogP contribution in [0.15, 0.2) is 12.4 Å². The molecule has 1 amide bonds. The first-order valence-corrected chi connectivity index (χ1v) is 5.96. The number of nitrogens with one attached hydrogen (secondary N) is 1. The number of rotatable bonds is 3. The highest BCUT2D eigenvalue weighted by Gasteiger charge is 2.29. The lowest BCUT2D eigenvalue weighted by molar-refractivity contribution is 0.0730. The van der Waals surface area contributed by atoms with Crippen molar-refractivity contribution in [1.29, 1.82) is 0 Å². The number of halogens is 2. The number of hydrogen-bond acceptors (Lipinski definition) is 4. The Kier molecular flexibility index (Phi) is 7.90. The van der Waals surface area contributed by atoms with Crippen molar-refractivity contribution in [2.45, 2.75) is 25.8 Å². The SMILES string of the molecule is CNCC1CCCN1C(=O)c1cnc(C)cn1.Cl.Cl. The van der Waals surface area contributed by atoms with Gasteiger partial charge in [0.25, 0.3) is 5.91 Å². The zero-order valence-corrected chi connectivity index (χ0v) is 12.8. The van der Waals surface area contributed by atoms with Gasteiger partial charge in [-0.1, -0.05) is 0 Å². The van der Waals surface area contributed by atoms with Crippen molar-refractivity contribution in [3.63, 3.8) is 0 Å². The minimum absolute atomic E-state index is 0. The molecule has 0 bridgehead atoms. The molecule has 1 aliphatic rings. The van der Waals surface area contributed by atoms with Gasteiger partial charge in [-0.25, -0.2) is 4.98 Å². The van der Waals surface area contributed by atoms with E-state index in [-0.39, 0.29) is 36.8 Å². The van der Waals surface area contributed by atoms with Crippen molar-refractivity contribution in [1.82, 2.24) is 20.2 Å². The van der Waals surface area contributed by atoms with E-state index in [2.05, 4.69) is 15.3 Å². The van der Waals surface area contributed by atoms with E-state index >= 15 is 0 Å². The third-order valence-corrected chi connectivity index (χ3v) is 3.08. The van der Waals surface area contributed by atoms with Gasteiger partial charge in [0.15, 0.2) is 0 Å². The zero-order valence-electron chi connectivity index (χ0n) is 11.1. The second kappa shape index (κ2) is 8.30. The van der Waals surface area contributed by atoms with Crippen molar-refractivity contribution in [2.75, 3.05) is 20.1 Å². The summed E-state index contributed by atoms with van der Waals surface area (Å²) in [6, 6.07) is 0.288. The molecule has 1 aromatic heterocycles. The molecule has 0 aromatic carbocycles. The molecule has 1 aliphatic heterocycles. The van der Waals surface area contributed by atoms with Gasteiger partial charge in [0, 0.05) is 25.3 Å². The van der Waals surface area contributed by atoms with Crippen molar-refractivity contribution in [3.8, 4) is 0 Å². The Balaban J connectivity index is 0.00000162. The van der Waals surface area contributed by atoms with E-state index in [1.807, 2.05) is 18.9 Å². The summed E-state index contributed by atoms with van der Waals surface area (Å²) in [5.41, 5.74) is 1.27. The quantitative estimate of drug-likeness (QED) is 0.918. The Morgan fingerprint density at radius 2 is 2.16 bits per heavy atom. The number of aryl methyl sites for hydroxylation is 1. The second-order valence-corrected chi connectivity index (χ2v) is 4.40. The topological polar surface area (TPSA) is 58.1 Å². The van der Waals surface area contributed by atoms with Crippen LogP contribution in [-0.4, -0.2) is 47.0 Å². The molecule has 0 saturated carbocycles. The minimum atomic E-state index is -0.00440. The molecule has 19 heavy (non-hydrogen) atoms. The summed E-state index contributed by atoms with van der Waals surface area (Å²) in [5, 5.41) is 3.13. The van der Waals surface area contributed by atoms with Crippen LogP contribution >= 0.6 is 24.8 Å². The summed E-state index contributed by atoms with van der Waals surface area (Å²) in [5.74, 6) is -0.00440. The molecule has 1 atom stereocenters. The summed E-state index contributed by atoms with van der Waals surface area (Å²) >= 11 is 0. The predicted octanol–water partition coefficient (Wildman–Crippen LogP) is 1.45. The summed E-state index contributed by atoms with van der Waals surface area (Å²) in [6.07, 6.45) is 5.33. The van der Waals surface area contributed by atoms with Crippen molar-refractivity contribution in [3.05, 3.63) is 23.8 Å². The molecule has 1 saturated heterocycles. The summed E-state index contributed by atoms with van der Waals surface area (Å²) < 4.78 is 0. The monoisotopic (exact) mass is 306 g/mol. The van der Waals surface area contributed by atoms with E-state index in [4.69, 9.17) is 0 Å². The van der Waals surface area contributed by atoms with Gasteiger partial charge in [-0.2, -0.15) is 0 Å². The first kappa shape index (κ1) is 18.1. The lowest BCUT2D eigenvalue weighted by Crippen LogP contribution is -2.41. The van der Waals surface area contributed by atoms with Gasteiger partial charge < -0.3 is 10.2 Å². The second-order valence-electron chi connectivity index (χ2n) is 4.40. The fourth-order valence-corrected chi connectivity index (χ4v) is 2.20. The summed E-state index contributed by atoms with van der Waals surface area (Å²) in [6.45, 7) is 3.52. The van der Waals surface area contributed by atoms with E-state index in [0.29, 0.717) is 5.69 Å². The minimum Gasteiger partial charge on any atom is -0.333 e. The largest absolute Gasteiger partial charge is 0.333 e. The van der Waals surface area contributed by atoms with Crippen molar-refractivity contribution < 1.29 is 4.79 Å². The standard InChI is InChI=1S/C12H18N4O.2ClH/c1-9-6-15-11(8-14-9)12(17)16-5-3-4-10(16)7-13-2;;/h6,8,10,13H,3-5,7H2,1-2H3;2*1H. The number of carbonyl (C=O) groups excluding carboxylic acids is 1. The molecule has 0 radical (unpaired) electrons. The molecular formula is C12H20Cl2N4O. The smallest absolute Gasteiger partial charge is 0.274 e. The highest BCUT2D eigenvalue weighted by atomic mass is 35.5. The van der Waals surface area contributed by atoms with Crippen LogP contribution in [-0.2, 0) is 0 Å². The lowest BCUT2D eigenvalue weighted by atomic mass is 10.2. The fourth-order valence-electron chi connectivity index (χ4n) is 2.20. The molecular weight excluding hydrogens is 287 g/mol. The van der Waals surface area contributed by atoms with Gasteiger partial charge in [0.1, 0.15) is 5.69 Å². The van der Waals surface area contributed by atoms with Gasteiger partial charge in [-0.05, 0) is 26.8 Å². The predicted molar refractivity (Wildman–Crippen MR) is 79.3 cm³/mol. The summed E-state index contributed by atoms with van der Waals surface area (Å²) in [4.78, 5) is 22.4. The highest BCUT2D eigenvalue weighted by Crippen LogP contribution is 2.18. The van der Waals surface area contributed by atoms with Crippen LogP contribution in [0.3, 0.4) is 0 Å². The summed E-state index contributed by atoms with van der Waals surface area (Å²) in [7, 11) is 1.91. The Bertz CT molecular complexity index is 399. The molecule has 108 valence electrons. The average molecular weight is 307 g/mol. The fraction of sp³-hybridized carbons (Fsp3) is 0.583. The molecule has 0 spiro atoms. The van der Waals surface area contributed by atoms with Crippen LogP contribution in [0.2, 0.25) is 0 Å². The lowest BCUT2D eigenvalue weighted by Gasteiger charge is -2.23. The van der Waals surface area contributed by atoms with Gasteiger partial charge in [0.2, 0.25) is 0 Å². The van der Waals surface area contributed by atoms with Crippen molar-refractivity contribution >= 4 is 30.7 Å². The number of carbonyl (C=O) groups is 1. The van der Waals surface area contributed by atoms with Gasteiger partial charge >= 0.3 is 0 Å². The van der Waals surface area contributed by atoms with Gasteiger partial charge in [0.05, 0.1) is 11.9 Å². The Hall–Kier alpha value is -0.910. The molecule has 0 aliphatic carbocycles. The highest BCUT2D eigenvalue weighted by molar-refractivity contribution is 5.92. The van der Waals surface area contributed by atoms with E-state index in [9.17, 15) is 4.79 Å². The van der Waals surface area contributed by atoms with Gasteiger partial charge in [-0.15, -0.1) is 24.8 Å². The molecule has 1 unspecified atom stereocenters. The van der Waals surface area contributed by atoms with Crippen LogP contribution in [0.1, 0.15) is 29.0 Å². The maximum absolute atomic E-state index is 12.2. The molecule has 1 aromatic rings. The molecule has 1 fully saturated rings. The van der Waals surface area contributed by atoms with E-state index in [0.717, 1.165) is 31.6 Å². The molecule has 7 heteroatoms. The number of likely N-dealkylation sites (tertiary alicyclic amines) is 1. The Morgan fingerprint density at radius 1 is 1.42 bits per heavy atom. The normalized spacial score (nSPS) is 17.6. The van der Waals surface area contributed by atoms with E-state index in [1.54, 1.807) is 12.4 Å². The number of likely N-dealkylation sites (N-methyl/N-ethyl adjacent to an activating group) is 1. The Labute approximate surface area is 126 Å². The number of aromatic nitrogens is 2. The van der Waals surface area contributed by atoms with Crippen LogP contribution in [0.4, 0.5) is 0 Å². The molecule has 2 rings (SSSR count). The van der Waals surface area contributed by atoms with Crippen LogP contribution < -0.4 is 5.32 Å². The number of nitrogens with zero attached hydrogens (tertiary/aromatic N) is 3. The molecule has 1 N–H and O–H groups in total. The first-order chi connectivity index (χ1) is 8.22. The van der Waals surface area contributed by atoms with Crippen molar-refractivity contribution in [2.24, 2.45) is 0 Å². The zero-order chi connectivity index (χ0) is 12.3. The van der Waals surface area contributed by atoms with E-state index in [1.165, 1.54) is 0 Å². The third kappa shape index (κ3) is 4.30. The Morgan fingerprint density at radius 3 is 2.74 bits per heavy atom. The number of amides is 1.